The first-order valence-corrected chi connectivity index (χ1v) is 6.13. The number of rotatable bonds is 6. The predicted octanol–water partition coefficient (Wildman–Crippen LogP) is 3.94. The van der Waals surface area contributed by atoms with Crippen LogP contribution < -0.4 is 0 Å². The van der Waals surface area contributed by atoms with Gasteiger partial charge in [0.15, 0.2) is 0 Å². The minimum atomic E-state index is 0.410. The van der Waals surface area contributed by atoms with Gasteiger partial charge in [0, 0.05) is 0 Å². The second-order valence-corrected chi connectivity index (χ2v) is 4.44. The Morgan fingerprint density at radius 3 is 2.57 bits per heavy atom. The van der Waals surface area contributed by atoms with Crippen LogP contribution in [-0.4, -0.2) is 12.7 Å². The fourth-order valence-corrected chi connectivity index (χ4v) is 1.83. The molecule has 1 nitrogen and oxygen atoms in total. The molecule has 0 saturated heterocycles. The summed E-state index contributed by atoms with van der Waals surface area (Å²) in [6.45, 7) is 5.37. The third-order valence-electron chi connectivity index (χ3n) is 2.82. The van der Waals surface area contributed by atoms with Crippen LogP contribution in [0, 0.1) is 5.92 Å². The molecule has 0 aliphatic carbocycles. The smallest absolute Gasteiger partial charge is 0.0756 e. The molecule has 82 valence electrons. The second-order valence-electron chi connectivity index (χ2n) is 4.44. The van der Waals surface area contributed by atoms with Gasteiger partial charge in [0.1, 0.15) is 0 Å². The molecule has 0 bridgehead atoms. The van der Waals surface area contributed by atoms with Crippen molar-refractivity contribution in [1.82, 2.24) is 0 Å². The molecule has 1 aliphatic heterocycles. The van der Waals surface area contributed by atoms with E-state index < -0.39 is 0 Å². The monoisotopic (exact) mass is 196 g/mol. The van der Waals surface area contributed by atoms with Gasteiger partial charge in [0.05, 0.1) is 12.7 Å². The Kier molecular flexibility index (Phi) is 5.93. The lowest BCUT2D eigenvalue weighted by molar-refractivity contribution is 0.0529. The maximum absolute atomic E-state index is 5.71. The van der Waals surface area contributed by atoms with E-state index in [1.165, 1.54) is 38.5 Å². The SMILES string of the molecule is CCCCCCCC1C=CC(C)CO1. The summed E-state index contributed by atoms with van der Waals surface area (Å²) in [5.74, 6) is 0.617. The number of hydrogen-bond acceptors (Lipinski definition) is 1. The van der Waals surface area contributed by atoms with Crippen molar-refractivity contribution >= 4 is 0 Å². The Labute approximate surface area is 88.5 Å². The van der Waals surface area contributed by atoms with Crippen LogP contribution in [0.5, 0.6) is 0 Å². The van der Waals surface area contributed by atoms with Crippen molar-refractivity contribution in [2.75, 3.05) is 6.61 Å². The van der Waals surface area contributed by atoms with Crippen LogP contribution >= 0.6 is 0 Å². The lowest BCUT2D eigenvalue weighted by Gasteiger charge is -2.21. The Morgan fingerprint density at radius 2 is 1.93 bits per heavy atom. The first kappa shape index (κ1) is 11.8. The summed E-state index contributed by atoms with van der Waals surface area (Å²) in [5, 5.41) is 0. The Bertz CT molecular complexity index is 163. The highest BCUT2D eigenvalue weighted by Gasteiger charge is 2.11. The average molecular weight is 196 g/mol. The van der Waals surface area contributed by atoms with Crippen LogP contribution in [0.25, 0.3) is 0 Å². The molecule has 0 saturated carbocycles. The van der Waals surface area contributed by atoms with Crippen molar-refractivity contribution in [3.63, 3.8) is 0 Å². The molecule has 0 radical (unpaired) electrons. The molecule has 0 aromatic rings. The fourth-order valence-electron chi connectivity index (χ4n) is 1.83. The van der Waals surface area contributed by atoms with Crippen molar-refractivity contribution in [2.45, 2.75) is 58.5 Å². The van der Waals surface area contributed by atoms with Gasteiger partial charge >= 0.3 is 0 Å². The minimum absolute atomic E-state index is 0.410. The van der Waals surface area contributed by atoms with Gasteiger partial charge in [0.2, 0.25) is 0 Å². The van der Waals surface area contributed by atoms with Gasteiger partial charge in [-0.05, 0) is 12.3 Å². The highest BCUT2D eigenvalue weighted by molar-refractivity contribution is 4.96. The summed E-state index contributed by atoms with van der Waals surface area (Å²) in [6.07, 6.45) is 13.0. The standard InChI is InChI=1S/C13H24O/c1-3-4-5-6-7-8-13-10-9-12(2)11-14-13/h9-10,12-13H,3-8,11H2,1-2H3. The first-order valence-electron chi connectivity index (χ1n) is 6.13. The van der Waals surface area contributed by atoms with Crippen LogP contribution in [0.15, 0.2) is 12.2 Å². The molecular weight excluding hydrogens is 172 g/mol. The van der Waals surface area contributed by atoms with Gasteiger partial charge in [-0.1, -0.05) is 58.1 Å². The largest absolute Gasteiger partial charge is 0.374 e. The minimum Gasteiger partial charge on any atom is -0.374 e. The van der Waals surface area contributed by atoms with E-state index in [-0.39, 0.29) is 0 Å². The van der Waals surface area contributed by atoms with E-state index in [4.69, 9.17) is 4.74 Å². The second kappa shape index (κ2) is 7.05. The van der Waals surface area contributed by atoms with Gasteiger partial charge in [-0.2, -0.15) is 0 Å². The van der Waals surface area contributed by atoms with E-state index in [9.17, 15) is 0 Å². The topological polar surface area (TPSA) is 9.23 Å². The third-order valence-corrected chi connectivity index (χ3v) is 2.82. The first-order chi connectivity index (χ1) is 6.83. The summed E-state index contributed by atoms with van der Waals surface area (Å²) in [6, 6.07) is 0. The highest BCUT2D eigenvalue weighted by Crippen LogP contribution is 2.16. The average Bonchev–Trinajstić information content (AvgIpc) is 2.21. The molecule has 1 heteroatoms. The van der Waals surface area contributed by atoms with E-state index in [0.29, 0.717) is 12.0 Å². The molecule has 0 spiro atoms. The number of hydrogen-bond donors (Lipinski definition) is 0. The van der Waals surface area contributed by atoms with E-state index in [2.05, 4.69) is 26.0 Å². The highest BCUT2D eigenvalue weighted by atomic mass is 16.5. The molecule has 0 aromatic carbocycles. The van der Waals surface area contributed by atoms with Crippen molar-refractivity contribution in [3.8, 4) is 0 Å². The van der Waals surface area contributed by atoms with Crippen molar-refractivity contribution < 1.29 is 4.74 Å². The van der Waals surface area contributed by atoms with Gasteiger partial charge in [-0.25, -0.2) is 0 Å². The molecule has 0 N–H and O–H groups in total. The Hall–Kier alpha value is -0.300. The lowest BCUT2D eigenvalue weighted by atomic mass is 10.0. The van der Waals surface area contributed by atoms with Crippen LogP contribution in [-0.2, 0) is 4.74 Å². The van der Waals surface area contributed by atoms with E-state index in [0.717, 1.165) is 6.61 Å². The molecule has 2 atom stereocenters. The Morgan fingerprint density at radius 1 is 1.14 bits per heavy atom. The summed E-state index contributed by atoms with van der Waals surface area (Å²) in [4.78, 5) is 0. The molecule has 1 heterocycles. The van der Waals surface area contributed by atoms with Gasteiger partial charge in [-0.3, -0.25) is 0 Å². The van der Waals surface area contributed by atoms with Gasteiger partial charge in [0.25, 0.3) is 0 Å². The summed E-state index contributed by atoms with van der Waals surface area (Å²) in [5.41, 5.74) is 0. The normalized spacial score (nSPS) is 26.7. The van der Waals surface area contributed by atoms with Crippen LogP contribution in [0.3, 0.4) is 0 Å². The Balaban J connectivity index is 1.99. The maximum Gasteiger partial charge on any atom is 0.0756 e. The molecule has 1 rings (SSSR count). The zero-order valence-corrected chi connectivity index (χ0v) is 9.67. The molecule has 2 unspecified atom stereocenters. The molecule has 0 fully saturated rings. The fraction of sp³-hybridized carbons (Fsp3) is 0.846. The molecule has 1 aliphatic rings. The molecule has 14 heavy (non-hydrogen) atoms. The van der Waals surface area contributed by atoms with Crippen molar-refractivity contribution in [1.29, 1.82) is 0 Å². The zero-order chi connectivity index (χ0) is 10.2. The van der Waals surface area contributed by atoms with Crippen LogP contribution in [0.1, 0.15) is 52.4 Å². The zero-order valence-electron chi connectivity index (χ0n) is 9.67. The quantitative estimate of drug-likeness (QED) is 0.462. The van der Waals surface area contributed by atoms with Crippen molar-refractivity contribution in [2.24, 2.45) is 5.92 Å². The molecule has 0 amide bonds. The van der Waals surface area contributed by atoms with Crippen molar-refractivity contribution in [3.05, 3.63) is 12.2 Å². The van der Waals surface area contributed by atoms with Gasteiger partial charge in [-0.15, -0.1) is 0 Å². The summed E-state index contributed by atoms with van der Waals surface area (Å²) in [7, 11) is 0. The maximum atomic E-state index is 5.71. The number of ether oxygens (including phenoxy) is 1. The summed E-state index contributed by atoms with van der Waals surface area (Å²) >= 11 is 0. The lowest BCUT2D eigenvalue weighted by Crippen LogP contribution is -2.19. The van der Waals surface area contributed by atoms with Gasteiger partial charge < -0.3 is 4.74 Å². The van der Waals surface area contributed by atoms with E-state index in [1.54, 1.807) is 0 Å². The molecule has 0 aromatic heterocycles. The third kappa shape index (κ3) is 4.80. The van der Waals surface area contributed by atoms with Crippen LogP contribution in [0.4, 0.5) is 0 Å². The number of unbranched alkanes of at least 4 members (excludes halogenated alkanes) is 4. The van der Waals surface area contributed by atoms with Crippen LogP contribution in [0.2, 0.25) is 0 Å². The van der Waals surface area contributed by atoms with E-state index >= 15 is 0 Å². The molecular formula is C13H24O. The summed E-state index contributed by atoms with van der Waals surface area (Å²) < 4.78 is 5.71. The van der Waals surface area contributed by atoms with E-state index in [1.807, 2.05) is 0 Å². The predicted molar refractivity (Wildman–Crippen MR) is 61.4 cm³/mol.